The van der Waals surface area contributed by atoms with Gasteiger partial charge in [-0.15, -0.1) is 11.8 Å². The number of anilines is 1. The van der Waals surface area contributed by atoms with E-state index >= 15 is 0 Å². The number of rotatable bonds is 4. The first-order valence-corrected chi connectivity index (χ1v) is 8.94. The van der Waals surface area contributed by atoms with Gasteiger partial charge in [0.1, 0.15) is 11.5 Å². The fraction of sp³-hybridized carbons (Fsp3) is 0.143. The van der Waals surface area contributed by atoms with Gasteiger partial charge in [-0.1, -0.05) is 12.1 Å². The van der Waals surface area contributed by atoms with Gasteiger partial charge in [-0.2, -0.15) is 0 Å². The van der Waals surface area contributed by atoms with E-state index in [0.29, 0.717) is 17.2 Å². The zero-order valence-electron chi connectivity index (χ0n) is 11.2. The molecular weight excluding hydrogens is 294 g/mol. The highest BCUT2D eigenvalue weighted by molar-refractivity contribution is 7.98. The monoisotopic (exact) mass is 309 g/mol. The second-order valence-corrected chi connectivity index (χ2v) is 7.09. The molecule has 0 bridgehead atoms. The molecule has 0 aliphatic heterocycles. The first-order valence-electron chi connectivity index (χ1n) is 5.82. The Labute approximate surface area is 122 Å². The molecule has 4 nitrogen and oxygen atoms in total. The van der Waals surface area contributed by atoms with E-state index in [1.165, 1.54) is 12.1 Å². The van der Waals surface area contributed by atoms with Gasteiger partial charge < -0.3 is 10.5 Å². The molecule has 0 aliphatic carbocycles. The van der Waals surface area contributed by atoms with E-state index in [1.807, 2.05) is 30.5 Å². The van der Waals surface area contributed by atoms with Crippen molar-refractivity contribution in [3.63, 3.8) is 0 Å². The van der Waals surface area contributed by atoms with E-state index in [-0.39, 0.29) is 4.90 Å². The Balaban J connectivity index is 2.35. The van der Waals surface area contributed by atoms with E-state index in [1.54, 1.807) is 17.8 Å². The number of para-hydroxylation sites is 1. The topological polar surface area (TPSA) is 69.4 Å². The average Bonchev–Trinajstić information content (AvgIpc) is 2.40. The van der Waals surface area contributed by atoms with Crippen LogP contribution in [0.15, 0.2) is 52.3 Å². The van der Waals surface area contributed by atoms with Crippen molar-refractivity contribution in [3.05, 3.63) is 42.5 Å². The number of benzene rings is 2. The van der Waals surface area contributed by atoms with E-state index in [2.05, 4.69) is 0 Å². The minimum atomic E-state index is -3.27. The lowest BCUT2D eigenvalue weighted by atomic mass is 10.3. The lowest BCUT2D eigenvalue weighted by Crippen LogP contribution is -2.00. The van der Waals surface area contributed by atoms with Gasteiger partial charge in [0, 0.05) is 11.2 Å². The standard InChI is InChI=1S/C14H15NO3S2/c1-19-14-6-4-3-5-13(14)18-12-8-7-10(9-11(12)15)20(2,16)17/h3-9H,15H2,1-2H3. The predicted molar refractivity (Wildman–Crippen MR) is 82.3 cm³/mol. The van der Waals surface area contributed by atoms with Crippen LogP contribution in [0.25, 0.3) is 0 Å². The van der Waals surface area contributed by atoms with Gasteiger partial charge in [0.25, 0.3) is 0 Å². The van der Waals surface area contributed by atoms with Crippen LogP contribution >= 0.6 is 11.8 Å². The molecule has 0 unspecified atom stereocenters. The fourth-order valence-corrected chi connectivity index (χ4v) is 2.85. The molecule has 0 heterocycles. The van der Waals surface area contributed by atoms with Crippen molar-refractivity contribution in [2.24, 2.45) is 0 Å². The van der Waals surface area contributed by atoms with Crippen molar-refractivity contribution in [2.75, 3.05) is 18.2 Å². The predicted octanol–water partition coefficient (Wildman–Crippen LogP) is 3.19. The van der Waals surface area contributed by atoms with Crippen LogP contribution in [-0.2, 0) is 9.84 Å². The van der Waals surface area contributed by atoms with Gasteiger partial charge in [0.2, 0.25) is 0 Å². The summed E-state index contributed by atoms with van der Waals surface area (Å²) >= 11 is 1.57. The van der Waals surface area contributed by atoms with Crippen molar-refractivity contribution < 1.29 is 13.2 Å². The molecule has 20 heavy (non-hydrogen) atoms. The van der Waals surface area contributed by atoms with Crippen LogP contribution < -0.4 is 10.5 Å². The van der Waals surface area contributed by atoms with Crippen LogP contribution in [0.5, 0.6) is 11.5 Å². The number of sulfone groups is 1. The van der Waals surface area contributed by atoms with E-state index in [4.69, 9.17) is 10.5 Å². The molecule has 2 N–H and O–H groups in total. The number of hydrogen-bond acceptors (Lipinski definition) is 5. The zero-order valence-corrected chi connectivity index (χ0v) is 12.8. The molecule has 0 aliphatic rings. The highest BCUT2D eigenvalue weighted by atomic mass is 32.2. The third kappa shape index (κ3) is 3.26. The molecule has 0 atom stereocenters. The number of nitrogens with two attached hydrogens (primary N) is 1. The van der Waals surface area contributed by atoms with Gasteiger partial charge in [-0.3, -0.25) is 0 Å². The summed E-state index contributed by atoms with van der Waals surface area (Å²) < 4.78 is 28.7. The Morgan fingerprint density at radius 2 is 1.80 bits per heavy atom. The number of hydrogen-bond donors (Lipinski definition) is 1. The van der Waals surface area contributed by atoms with Gasteiger partial charge in [-0.05, 0) is 36.6 Å². The van der Waals surface area contributed by atoms with Crippen LogP contribution in [0.1, 0.15) is 0 Å². The Hall–Kier alpha value is -1.66. The van der Waals surface area contributed by atoms with Crippen molar-refractivity contribution in [3.8, 4) is 11.5 Å². The van der Waals surface area contributed by atoms with E-state index in [9.17, 15) is 8.42 Å². The summed E-state index contributed by atoms with van der Waals surface area (Å²) in [5.74, 6) is 1.14. The third-order valence-electron chi connectivity index (χ3n) is 2.70. The first-order chi connectivity index (χ1) is 9.41. The number of thioether (sulfide) groups is 1. The molecule has 6 heteroatoms. The summed E-state index contributed by atoms with van der Waals surface area (Å²) in [5, 5.41) is 0. The molecule has 0 spiro atoms. The van der Waals surface area contributed by atoms with Crippen LogP contribution in [0, 0.1) is 0 Å². The SMILES string of the molecule is CSc1ccccc1Oc1ccc(S(C)(=O)=O)cc1N. The maximum atomic E-state index is 11.5. The Bertz CT molecular complexity index is 727. The fourth-order valence-electron chi connectivity index (χ4n) is 1.67. The summed E-state index contributed by atoms with van der Waals surface area (Å²) in [6, 6.07) is 12.1. The largest absolute Gasteiger partial charge is 0.454 e. The van der Waals surface area contributed by atoms with Crippen LogP contribution in [0.4, 0.5) is 5.69 Å². The molecule has 0 saturated heterocycles. The summed E-state index contributed by atoms with van der Waals surface area (Å²) in [5.41, 5.74) is 6.16. The van der Waals surface area contributed by atoms with Crippen molar-refractivity contribution in [2.45, 2.75) is 9.79 Å². The molecule has 106 valence electrons. The van der Waals surface area contributed by atoms with E-state index < -0.39 is 9.84 Å². The van der Waals surface area contributed by atoms with Crippen molar-refractivity contribution in [1.29, 1.82) is 0 Å². The lowest BCUT2D eigenvalue weighted by molar-refractivity contribution is 0.473. The highest BCUT2D eigenvalue weighted by Gasteiger charge is 2.11. The smallest absolute Gasteiger partial charge is 0.175 e. The Morgan fingerprint density at radius 1 is 1.10 bits per heavy atom. The molecule has 2 rings (SSSR count). The van der Waals surface area contributed by atoms with Crippen LogP contribution in [-0.4, -0.2) is 20.9 Å². The molecule has 0 saturated carbocycles. The van der Waals surface area contributed by atoms with Gasteiger partial charge in [0.05, 0.1) is 10.6 Å². The summed E-state index contributed by atoms with van der Waals surface area (Å²) in [6.07, 6.45) is 3.10. The van der Waals surface area contributed by atoms with Gasteiger partial charge in [0.15, 0.2) is 9.84 Å². The second kappa shape index (κ2) is 5.76. The third-order valence-corrected chi connectivity index (χ3v) is 4.59. The molecule has 2 aromatic rings. The summed E-state index contributed by atoms with van der Waals surface area (Å²) in [7, 11) is -3.27. The average molecular weight is 309 g/mol. The lowest BCUT2D eigenvalue weighted by Gasteiger charge is -2.12. The quantitative estimate of drug-likeness (QED) is 0.694. The second-order valence-electron chi connectivity index (χ2n) is 4.22. The van der Waals surface area contributed by atoms with Gasteiger partial charge >= 0.3 is 0 Å². The number of nitrogen functional groups attached to an aromatic ring is 1. The molecule has 2 aromatic carbocycles. The minimum Gasteiger partial charge on any atom is -0.454 e. The molecule has 0 radical (unpaired) electrons. The van der Waals surface area contributed by atoms with Crippen molar-refractivity contribution >= 4 is 27.3 Å². The van der Waals surface area contributed by atoms with Crippen molar-refractivity contribution in [1.82, 2.24) is 0 Å². The Kier molecular flexibility index (Phi) is 4.25. The normalized spacial score (nSPS) is 11.3. The van der Waals surface area contributed by atoms with Crippen LogP contribution in [0.2, 0.25) is 0 Å². The number of ether oxygens (including phenoxy) is 1. The maximum Gasteiger partial charge on any atom is 0.175 e. The Morgan fingerprint density at radius 3 is 2.40 bits per heavy atom. The van der Waals surface area contributed by atoms with E-state index in [0.717, 1.165) is 11.2 Å². The highest BCUT2D eigenvalue weighted by Crippen LogP contribution is 2.34. The minimum absolute atomic E-state index is 0.181. The first kappa shape index (κ1) is 14.7. The van der Waals surface area contributed by atoms with Crippen LogP contribution in [0.3, 0.4) is 0 Å². The summed E-state index contributed by atoms with van der Waals surface area (Å²) in [6.45, 7) is 0. The summed E-state index contributed by atoms with van der Waals surface area (Å²) in [4.78, 5) is 1.17. The zero-order chi connectivity index (χ0) is 14.8. The molecule has 0 amide bonds. The van der Waals surface area contributed by atoms with Gasteiger partial charge in [-0.25, -0.2) is 8.42 Å². The maximum absolute atomic E-state index is 11.5. The molecule has 0 fully saturated rings. The molecule has 0 aromatic heterocycles. The molecular formula is C14H15NO3S2.